The summed E-state index contributed by atoms with van der Waals surface area (Å²) in [5.74, 6) is -1.86. The van der Waals surface area contributed by atoms with E-state index in [1.54, 1.807) is 24.3 Å². The first-order chi connectivity index (χ1) is 18.1. The second-order valence-electron chi connectivity index (χ2n) is 8.69. The summed E-state index contributed by atoms with van der Waals surface area (Å²) in [6.07, 6.45) is 1.99. The van der Waals surface area contributed by atoms with Crippen molar-refractivity contribution in [2.24, 2.45) is 0 Å². The van der Waals surface area contributed by atoms with Crippen LogP contribution in [0.25, 0.3) is 22.0 Å². The number of pyridine rings is 2. The standard InChI is InChI=1S/C27H26N4O6S/c1-30(38(2,36)37)23(32)13-14-28-26(34)24-25(33)21-15-20(19-11-7-4-8-12-19)27(35)31(22(21)16-29-24)17-18-9-5-3-6-10-18/h3-12,15-16,33H,13-14,17H2,1-2H3,(H,28,34). The maximum atomic E-state index is 13.5. The van der Waals surface area contributed by atoms with Crippen LogP contribution in [-0.4, -0.2) is 59.0 Å². The Morgan fingerprint density at radius 3 is 2.32 bits per heavy atom. The van der Waals surface area contributed by atoms with Crippen molar-refractivity contribution in [3.05, 3.63) is 94.5 Å². The van der Waals surface area contributed by atoms with Crippen LogP contribution in [0.2, 0.25) is 0 Å². The van der Waals surface area contributed by atoms with Crippen molar-refractivity contribution in [1.82, 2.24) is 19.2 Å². The highest BCUT2D eigenvalue weighted by Crippen LogP contribution is 2.30. The number of aromatic nitrogens is 2. The molecule has 0 spiro atoms. The zero-order chi connectivity index (χ0) is 27.4. The van der Waals surface area contributed by atoms with Gasteiger partial charge in [0.2, 0.25) is 15.9 Å². The van der Waals surface area contributed by atoms with E-state index in [1.807, 2.05) is 36.4 Å². The summed E-state index contributed by atoms with van der Waals surface area (Å²) in [4.78, 5) is 42.5. The Labute approximate surface area is 219 Å². The number of hydrogen-bond donors (Lipinski definition) is 2. The summed E-state index contributed by atoms with van der Waals surface area (Å²) >= 11 is 0. The fraction of sp³-hybridized carbons (Fsp3) is 0.185. The van der Waals surface area contributed by atoms with Gasteiger partial charge in [-0.3, -0.25) is 14.4 Å². The van der Waals surface area contributed by atoms with Crippen LogP contribution in [0.3, 0.4) is 0 Å². The van der Waals surface area contributed by atoms with Crippen molar-refractivity contribution in [1.29, 1.82) is 0 Å². The van der Waals surface area contributed by atoms with E-state index in [9.17, 15) is 27.9 Å². The summed E-state index contributed by atoms with van der Waals surface area (Å²) in [5.41, 5.74) is 1.64. The van der Waals surface area contributed by atoms with Gasteiger partial charge in [-0.1, -0.05) is 60.7 Å². The summed E-state index contributed by atoms with van der Waals surface area (Å²) in [6, 6.07) is 19.9. The van der Waals surface area contributed by atoms with Crippen molar-refractivity contribution in [3.8, 4) is 16.9 Å². The molecule has 0 aliphatic carbocycles. The van der Waals surface area contributed by atoms with Gasteiger partial charge in [0.25, 0.3) is 11.5 Å². The Bertz CT molecular complexity index is 1670. The number of amides is 2. The van der Waals surface area contributed by atoms with E-state index in [0.29, 0.717) is 20.9 Å². The van der Waals surface area contributed by atoms with Crippen LogP contribution in [0.5, 0.6) is 5.75 Å². The van der Waals surface area contributed by atoms with Crippen LogP contribution in [0.4, 0.5) is 0 Å². The zero-order valence-electron chi connectivity index (χ0n) is 20.8. The first-order valence-corrected chi connectivity index (χ1v) is 13.5. The lowest BCUT2D eigenvalue weighted by Gasteiger charge is -2.16. The maximum Gasteiger partial charge on any atom is 0.273 e. The van der Waals surface area contributed by atoms with E-state index in [0.717, 1.165) is 18.9 Å². The van der Waals surface area contributed by atoms with Crippen LogP contribution >= 0.6 is 0 Å². The van der Waals surface area contributed by atoms with E-state index in [1.165, 1.54) is 16.8 Å². The number of carbonyl (C=O) groups is 2. The van der Waals surface area contributed by atoms with Crippen LogP contribution in [0.1, 0.15) is 22.5 Å². The van der Waals surface area contributed by atoms with E-state index in [-0.39, 0.29) is 36.1 Å². The molecule has 0 atom stereocenters. The van der Waals surface area contributed by atoms with Gasteiger partial charge in [0, 0.05) is 31.0 Å². The number of fused-ring (bicyclic) bond motifs is 1. The average molecular weight is 535 g/mol. The van der Waals surface area contributed by atoms with Crippen molar-refractivity contribution in [2.45, 2.75) is 13.0 Å². The Morgan fingerprint density at radius 2 is 1.68 bits per heavy atom. The molecule has 0 radical (unpaired) electrons. The molecule has 196 valence electrons. The topological polar surface area (TPSA) is 139 Å². The number of hydrogen-bond acceptors (Lipinski definition) is 7. The highest BCUT2D eigenvalue weighted by molar-refractivity contribution is 7.88. The third kappa shape index (κ3) is 5.57. The molecule has 4 rings (SSSR count). The molecule has 0 bridgehead atoms. The smallest absolute Gasteiger partial charge is 0.273 e. The molecule has 2 N–H and O–H groups in total. The Hall–Kier alpha value is -4.51. The van der Waals surface area contributed by atoms with Gasteiger partial charge in [0.1, 0.15) is 0 Å². The molecule has 2 aromatic carbocycles. The van der Waals surface area contributed by atoms with Gasteiger partial charge in [0.15, 0.2) is 11.4 Å². The van der Waals surface area contributed by atoms with Gasteiger partial charge in [-0.2, -0.15) is 0 Å². The fourth-order valence-electron chi connectivity index (χ4n) is 3.95. The number of benzene rings is 2. The maximum absolute atomic E-state index is 13.5. The number of carbonyl (C=O) groups excluding carboxylic acids is 2. The molecule has 2 heterocycles. The van der Waals surface area contributed by atoms with Gasteiger partial charge in [-0.05, 0) is 17.2 Å². The second kappa shape index (κ2) is 10.9. The summed E-state index contributed by atoms with van der Waals surface area (Å²) < 4.78 is 25.1. The molecule has 0 aliphatic heterocycles. The van der Waals surface area contributed by atoms with E-state index in [4.69, 9.17) is 0 Å². The van der Waals surface area contributed by atoms with Crippen LogP contribution < -0.4 is 10.9 Å². The molecule has 0 aliphatic rings. The second-order valence-corrected chi connectivity index (χ2v) is 10.7. The molecule has 11 heteroatoms. The first-order valence-electron chi connectivity index (χ1n) is 11.7. The molecular weight excluding hydrogens is 508 g/mol. The average Bonchev–Trinajstić information content (AvgIpc) is 2.90. The van der Waals surface area contributed by atoms with Crippen LogP contribution in [-0.2, 0) is 21.4 Å². The van der Waals surface area contributed by atoms with Crippen molar-refractivity contribution < 1.29 is 23.1 Å². The summed E-state index contributed by atoms with van der Waals surface area (Å²) in [5, 5.41) is 13.8. The Balaban J connectivity index is 1.71. The minimum Gasteiger partial charge on any atom is -0.505 e. The van der Waals surface area contributed by atoms with Crippen molar-refractivity contribution in [2.75, 3.05) is 19.8 Å². The molecule has 0 fully saturated rings. The minimum absolute atomic E-state index is 0.167. The molecule has 4 aromatic rings. The van der Waals surface area contributed by atoms with Gasteiger partial charge >= 0.3 is 0 Å². The number of aromatic hydroxyl groups is 1. The van der Waals surface area contributed by atoms with Gasteiger partial charge in [0.05, 0.1) is 24.5 Å². The summed E-state index contributed by atoms with van der Waals surface area (Å²) in [6.45, 7) is 0.0545. The Kier molecular flexibility index (Phi) is 7.58. The largest absolute Gasteiger partial charge is 0.505 e. The first kappa shape index (κ1) is 26.6. The third-order valence-corrected chi connectivity index (χ3v) is 7.28. The molecule has 10 nitrogen and oxygen atoms in total. The van der Waals surface area contributed by atoms with Crippen molar-refractivity contribution in [3.63, 3.8) is 0 Å². The predicted molar refractivity (Wildman–Crippen MR) is 143 cm³/mol. The predicted octanol–water partition coefficient (Wildman–Crippen LogP) is 2.36. The highest BCUT2D eigenvalue weighted by Gasteiger charge is 2.22. The fourth-order valence-corrected chi connectivity index (χ4v) is 4.41. The van der Waals surface area contributed by atoms with E-state index in [2.05, 4.69) is 10.3 Å². The lowest BCUT2D eigenvalue weighted by Crippen LogP contribution is -2.35. The molecule has 2 amide bonds. The van der Waals surface area contributed by atoms with Crippen LogP contribution in [0.15, 0.2) is 77.7 Å². The van der Waals surface area contributed by atoms with Gasteiger partial charge in [-0.15, -0.1) is 0 Å². The van der Waals surface area contributed by atoms with Crippen molar-refractivity contribution >= 4 is 32.7 Å². The molecular formula is C27H26N4O6S. The SMILES string of the molecule is CN(C(=O)CCNC(=O)c1ncc2c(cc(-c3ccccc3)c(=O)n2Cc2ccccc2)c1O)S(C)(=O)=O. The zero-order valence-corrected chi connectivity index (χ0v) is 21.6. The lowest BCUT2D eigenvalue weighted by atomic mass is 10.0. The third-order valence-electron chi connectivity index (χ3n) is 6.08. The summed E-state index contributed by atoms with van der Waals surface area (Å²) in [7, 11) is -2.57. The quantitative estimate of drug-likeness (QED) is 0.354. The molecule has 2 aromatic heterocycles. The van der Waals surface area contributed by atoms with Crippen LogP contribution in [0, 0.1) is 0 Å². The molecule has 0 saturated carbocycles. The van der Waals surface area contributed by atoms with E-state index >= 15 is 0 Å². The minimum atomic E-state index is -3.70. The highest BCUT2D eigenvalue weighted by atomic mass is 32.2. The molecule has 0 unspecified atom stereocenters. The number of nitrogens with zero attached hydrogens (tertiary/aromatic N) is 3. The van der Waals surface area contributed by atoms with Gasteiger partial charge < -0.3 is 15.0 Å². The normalized spacial score (nSPS) is 11.3. The Morgan fingerprint density at radius 1 is 1.05 bits per heavy atom. The van der Waals surface area contributed by atoms with E-state index < -0.39 is 27.6 Å². The molecule has 38 heavy (non-hydrogen) atoms. The van der Waals surface area contributed by atoms with Gasteiger partial charge in [-0.25, -0.2) is 17.7 Å². The monoisotopic (exact) mass is 534 g/mol. The number of rotatable bonds is 8. The lowest BCUT2D eigenvalue weighted by molar-refractivity contribution is -0.125. The molecule has 0 saturated heterocycles. The number of nitrogens with one attached hydrogen (secondary N) is 1. The number of sulfonamides is 1.